The number of amides is 1. The lowest BCUT2D eigenvalue weighted by Gasteiger charge is -2.19. The van der Waals surface area contributed by atoms with Crippen molar-refractivity contribution in [3.05, 3.63) is 88.3 Å². The highest BCUT2D eigenvalue weighted by atomic mass is 16.5. The fourth-order valence-corrected chi connectivity index (χ4v) is 3.90. The van der Waals surface area contributed by atoms with Crippen molar-refractivity contribution < 1.29 is 34.1 Å². The Kier molecular flexibility index (Phi) is 6.41. The maximum atomic E-state index is 13.3. The Balaban J connectivity index is 1.83. The largest absolute Gasteiger partial charge is 0.508 e. The quantitative estimate of drug-likeness (QED) is 0.302. The molecule has 4 rings (SSSR count). The van der Waals surface area contributed by atoms with E-state index in [1.54, 1.807) is 36.4 Å². The Morgan fingerprint density at radius 2 is 1.66 bits per heavy atom. The number of carbonyl (C=O) groups excluding carboxylic acids is 1. The van der Waals surface area contributed by atoms with E-state index in [9.17, 15) is 29.7 Å². The predicted octanol–water partition coefficient (Wildman–Crippen LogP) is 3.34. The Bertz CT molecular complexity index is 1460. The highest BCUT2D eigenvalue weighted by Gasteiger charge is 2.26. The van der Waals surface area contributed by atoms with Crippen LogP contribution in [0.1, 0.15) is 23.5 Å². The lowest BCUT2D eigenvalue weighted by atomic mass is 9.86. The van der Waals surface area contributed by atoms with Crippen molar-refractivity contribution in [3.63, 3.8) is 0 Å². The van der Waals surface area contributed by atoms with Crippen LogP contribution in [-0.4, -0.2) is 33.8 Å². The van der Waals surface area contributed by atoms with Crippen molar-refractivity contribution >= 4 is 22.8 Å². The molecule has 3 aromatic carbocycles. The fourth-order valence-electron chi connectivity index (χ4n) is 3.90. The number of aliphatic carboxylic acids is 1. The van der Waals surface area contributed by atoms with E-state index in [1.165, 1.54) is 30.5 Å². The van der Waals surface area contributed by atoms with Crippen LogP contribution in [0, 0.1) is 0 Å². The number of hydrogen-bond donors (Lipinski definition) is 4. The minimum absolute atomic E-state index is 0.0497. The molecule has 0 radical (unpaired) electrons. The lowest BCUT2D eigenvalue weighted by Crippen LogP contribution is -2.20. The van der Waals surface area contributed by atoms with Crippen LogP contribution in [0.4, 0.5) is 0 Å². The number of aromatic hydroxyl groups is 2. The minimum atomic E-state index is -1.12. The van der Waals surface area contributed by atoms with Crippen LogP contribution in [-0.2, 0) is 9.59 Å². The average molecular weight is 475 g/mol. The summed E-state index contributed by atoms with van der Waals surface area (Å²) in [5.41, 5.74) is 6.23. The zero-order valence-electron chi connectivity index (χ0n) is 18.3. The number of carboxylic acids is 1. The topological polar surface area (TPSA) is 160 Å². The average Bonchev–Trinajstić information content (AvgIpc) is 2.83. The maximum Gasteiger partial charge on any atom is 0.304 e. The minimum Gasteiger partial charge on any atom is -0.508 e. The number of benzene rings is 3. The van der Waals surface area contributed by atoms with E-state index in [1.807, 2.05) is 0 Å². The van der Waals surface area contributed by atoms with Gasteiger partial charge in [-0.05, 0) is 47.5 Å². The predicted molar refractivity (Wildman–Crippen MR) is 126 cm³/mol. The number of rotatable bonds is 8. The van der Waals surface area contributed by atoms with E-state index in [-0.39, 0.29) is 45.6 Å². The summed E-state index contributed by atoms with van der Waals surface area (Å²) in [5.74, 6) is -2.44. The number of phenolic OH excluding ortho intramolecular Hbond substituents is 2. The smallest absolute Gasteiger partial charge is 0.304 e. The molecule has 1 heterocycles. The van der Waals surface area contributed by atoms with Crippen LogP contribution < -0.4 is 15.9 Å². The van der Waals surface area contributed by atoms with E-state index in [0.717, 1.165) is 0 Å². The van der Waals surface area contributed by atoms with Gasteiger partial charge in [-0.25, -0.2) is 0 Å². The molecule has 5 N–H and O–H groups in total. The molecular formula is C26H21NO8. The van der Waals surface area contributed by atoms with Gasteiger partial charge in [0, 0.05) is 11.5 Å². The van der Waals surface area contributed by atoms with E-state index in [2.05, 4.69) is 0 Å². The van der Waals surface area contributed by atoms with Gasteiger partial charge >= 0.3 is 5.97 Å². The first-order chi connectivity index (χ1) is 16.7. The van der Waals surface area contributed by atoms with Gasteiger partial charge in [0.25, 0.3) is 5.91 Å². The maximum absolute atomic E-state index is 13.3. The highest BCUT2D eigenvalue weighted by Crippen LogP contribution is 2.39. The number of phenols is 2. The number of primary amides is 1. The molecule has 9 heteroatoms. The fraction of sp³-hybridized carbons (Fsp3) is 0.115. The molecule has 35 heavy (non-hydrogen) atoms. The third-order valence-corrected chi connectivity index (χ3v) is 5.53. The molecule has 0 saturated heterocycles. The van der Waals surface area contributed by atoms with Crippen LogP contribution in [0.2, 0.25) is 0 Å². The molecule has 1 aromatic heterocycles. The Hall–Kier alpha value is -4.79. The van der Waals surface area contributed by atoms with Crippen molar-refractivity contribution in [1.82, 2.24) is 0 Å². The number of carbonyl (C=O) groups is 2. The Labute approximate surface area is 198 Å². The molecule has 0 aliphatic carbocycles. The first kappa shape index (κ1) is 23.4. The van der Waals surface area contributed by atoms with E-state index < -0.39 is 24.2 Å². The molecule has 0 unspecified atom stereocenters. The van der Waals surface area contributed by atoms with Gasteiger partial charge in [-0.2, -0.15) is 0 Å². The SMILES string of the molecule is NC(=O)COc1ccc([C@H](CC(=O)O)c2c(O)ccc3c(=O)c(-c4ccc(O)cc4)coc23)cc1. The summed E-state index contributed by atoms with van der Waals surface area (Å²) in [6.45, 7) is -0.309. The van der Waals surface area contributed by atoms with E-state index >= 15 is 0 Å². The van der Waals surface area contributed by atoms with Crippen LogP contribution in [0.3, 0.4) is 0 Å². The van der Waals surface area contributed by atoms with Crippen LogP contribution >= 0.6 is 0 Å². The normalized spacial score (nSPS) is 11.8. The molecule has 0 spiro atoms. The molecule has 0 aliphatic heterocycles. The van der Waals surface area contributed by atoms with Gasteiger partial charge in [0.2, 0.25) is 5.43 Å². The molecular weight excluding hydrogens is 454 g/mol. The summed E-state index contributed by atoms with van der Waals surface area (Å²) in [6.07, 6.45) is 0.857. The van der Waals surface area contributed by atoms with Gasteiger partial charge < -0.3 is 30.2 Å². The van der Waals surface area contributed by atoms with Crippen LogP contribution in [0.15, 0.2) is 76.1 Å². The monoisotopic (exact) mass is 475 g/mol. The molecule has 178 valence electrons. The molecule has 0 fully saturated rings. The molecule has 1 amide bonds. The zero-order chi connectivity index (χ0) is 25.1. The first-order valence-corrected chi connectivity index (χ1v) is 10.5. The van der Waals surface area contributed by atoms with Gasteiger partial charge in [0.1, 0.15) is 29.1 Å². The van der Waals surface area contributed by atoms with Crippen molar-refractivity contribution in [2.24, 2.45) is 5.73 Å². The Morgan fingerprint density at radius 3 is 2.29 bits per heavy atom. The third-order valence-electron chi connectivity index (χ3n) is 5.53. The number of hydrogen-bond acceptors (Lipinski definition) is 7. The van der Waals surface area contributed by atoms with Gasteiger partial charge in [0.15, 0.2) is 6.61 Å². The van der Waals surface area contributed by atoms with Crippen molar-refractivity contribution in [2.45, 2.75) is 12.3 Å². The summed E-state index contributed by atoms with van der Waals surface area (Å²) in [4.78, 5) is 35.9. The highest BCUT2D eigenvalue weighted by molar-refractivity contribution is 5.87. The van der Waals surface area contributed by atoms with E-state index in [0.29, 0.717) is 16.9 Å². The summed E-state index contributed by atoms with van der Waals surface area (Å²) in [7, 11) is 0. The molecule has 0 aliphatic rings. The summed E-state index contributed by atoms with van der Waals surface area (Å²) >= 11 is 0. The Morgan fingerprint density at radius 1 is 0.971 bits per heavy atom. The standard InChI is InChI=1S/C26H21NO8/c27-22(30)13-34-17-7-3-14(4-8-17)19(11-23(31)32)24-21(29)10-9-18-25(33)20(12-35-26(18)24)15-1-5-16(28)6-2-15/h1-10,12,19,28-29H,11,13H2,(H2,27,30)(H,31,32)/t19-/m0/s1. The number of carboxylic acid groups (broad SMARTS) is 1. The molecule has 0 bridgehead atoms. The second-order valence-corrected chi connectivity index (χ2v) is 7.87. The number of ether oxygens (including phenoxy) is 1. The summed E-state index contributed by atoms with van der Waals surface area (Å²) in [5, 5.41) is 30.0. The molecule has 1 atom stereocenters. The lowest BCUT2D eigenvalue weighted by molar-refractivity contribution is -0.137. The second kappa shape index (κ2) is 9.60. The molecule has 4 aromatic rings. The van der Waals surface area contributed by atoms with Gasteiger partial charge in [-0.1, -0.05) is 24.3 Å². The van der Waals surface area contributed by atoms with Crippen molar-refractivity contribution in [2.75, 3.05) is 6.61 Å². The van der Waals surface area contributed by atoms with Crippen molar-refractivity contribution in [1.29, 1.82) is 0 Å². The summed E-state index contributed by atoms with van der Waals surface area (Å²) in [6, 6.07) is 15.1. The first-order valence-electron chi connectivity index (χ1n) is 10.5. The van der Waals surface area contributed by atoms with Crippen LogP contribution in [0.25, 0.3) is 22.1 Å². The zero-order valence-corrected chi connectivity index (χ0v) is 18.3. The van der Waals surface area contributed by atoms with Gasteiger partial charge in [-0.3, -0.25) is 14.4 Å². The molecule has 0 saturated carbocycles. The van der Waals surface area contributed by atoms with Gasteiger partial charge in [-0.15, -0.1) is 0 Å². The van der Waals surface area contributed by atoms with Crippen LogP contribution in [0.5, 0.6) is 17.2 Å². The second-order valence-electron chi connectivity index (χ2n) is 7.87. The van der Waals surface area contributed by atoms with E-state index in [4.69, 9.17) is 14.9 Å². The number of nitrogens with two attached hydrogens (primary N) is 1. The van der Waals surface area contributed by atoms with Crippen molar-refractivity contribution in [3.8, 4) is 28.4 Å². The number of fused-ring (bicyclic) bond motifs is 1. The summed E-state index contributed by atoms with van der Waals surface area (Å²) < 4.78 is 11.0. The van der Waals surface area contributed by atoms with Gasteiger partial charge in [0.05, 0.1) is 17.4 Å². The molecule has 9 nitrogen and oxygen atoms in total. The third kappa shape index (κ3) is 4.93.